The fourth-order valence-corrected chi connectivity index (χ4v) is 1.48. The zero-order chi connectivity index (χ0) is 12.1. The summed E-state index contributed by atoms with van der Waals surface area (Å²) < 4.78 is 5.00. The third-order valence-electron chi connectivity index (χ3n) is 1.79. The van der Waals surface area contributed by atoms with Crippen molar-refractivity contribution in [3.8, 4) is 0 Å². The Morgan fingerprint density at radius 3 is 2.94 bits per heavy atom. The molecule has 2 N–H and O–H groups in total. The van der Waals surface area contributed by atoms with Crippen LogP contribution in [0, 0.1) is 0 Å². The lowest BCUT2D eigenvalue weighted by Crippen LogP contribution is -2.34. The number of aromatic nitrogens is 2. The monoisotopic (exact) mass is 252 g/mol. The molecule has 17 heavy (non-hydrogen) atoms. The van der Waals surface area contributed by atoms with E-state index >= 15 is 0 Å². The second-order valence-corrected chi connectivity index (χ2v) is 3.79. The topological polar surface area (TPSA) is 97.1 Å². The van der Waals surface area contributed by atoms with Crippen molar-refractivity contribution >= 4 is 28.3 Å². The van der Waals surface area contributed by atoms with Crippen molar-refractivity contribution in [1.29, 1.82) is 0 Å². The first-order valence-corrected chi connectivity index (χ1v) is 5.51. The minimum absolute atomic E-state index is 0.162. The van der Waals surface area contributed by atoms with E-state index in [1.807, 2.05) is 0 Å². The number of rotatable bonds is 3. The number of carbonyl (C=O) groups is 2. The van der Waals surface area contributed by atoms with Gasteiger partial charge in [-0.1, -0.05) is 11.3 Å². The van der Waals surface area contributed by atoms with Crippen LogP contribution in [-0.2, 0) is 16.1 Å². The second kappa shape index (κ2) is 5.21. The molecule has 0 saturated heterocycles. The molecule has 8 heteroatoms. The van der Waals surface area contributed by atoms with E-state index in [0.29, 0.717) is 5.76 Å². The number of carbonyl (C=O) groups excluding carboxylic acids is 2. The van der Waals surface area contributed by atoms with Crippen molar-refractivity contribution < 1.29 is 14.0 Å². The predicted octanol–water partition coefficient (Wildman–Crippen LogP) is 0.386. The van der Waals surface area contributed by atoms with Crippen LogP contribution in [0.1, 0.15) is 5.76 Å². The van der Waals surface area contributed by atoms with Crippen LogP contribution in [0.3, 0.4) is 0 Å². The maximum absolute atomic E-state index is 11.4. The standard InChI is InChI=1S/C9H8N4O3S/c14-7(10-4-6-2-1-3-16-6)8(15)12-9-13-11-5-17-9/h1-3,5H,4H2,(H,10,14)(H,12,13,15). The average Bonchev–Trinajstić information content (AvgIpc) is 2.98. The van der Waals surface area contributed by atoms with Crippen LogP contribution in [0.5, 0.6) is 0 Å². The third kappa shape index (κ3) is 3.11. The Kier molecular flexibility index (Phi) is 3.46. The summed E-state index contributed by atoms with van der Waals surface area (Å²) in [6, 6.07) is 3.39. The molecule has 2 rings (SSSR count). The molecule has 0 aliphatic heterocycles. The van der Waals surface area contributed by atoms with Crippen molar-refractivity contribution in [3.63, 3.8) is 0 Å². The number of furan rings is 1. The van der Waals surface area contributed by atoms with Gasteiger partial charge in [-0.05, 0) is 12.1 Å². The van der Waals surface area contributed by atoms with Crippen LogP contribution in [0.15, 0.2) is 28.3 Å². The SMILES string of the molecule is O=C(NCc1ccco1)C(=O)Nc1nncs1. The molecule has 88 valence electrons. The summed E-state index contributed by atoms with van der Waals surface area (Å²) in [6.45, 7) is 0.162. The molecular formula is C9H8N4O3S. The molecule has 0 bridgehead atoms. The molecule has 7 nitrogen and oxygen atoms in total. The Bertz CT molecular complexity index is 494. The van der Waals surface area contributed by atoms with Crippen LogP contribution in [0.2, 0.25) is 0 Å². The molecule has 0 aliphatic carbocycles. The van der Waals surface area contributed by atoms with Crippen molar-refractivity contribution in [2.24, 2.45) is 0 Å². The van der Waals surface area contributed by atoms with Gasteiger partial charge in [-0.3, -0.25) is 14.9 Å². The minimum atomic E-state index is -0.784. The van der Waals surface area contributed by atoms with Crippen molar-refractivity contribution in [3.05, 3.63) is 29.7 Å². The number of nitrogens with one attached hydrogen (secondary N) is 2. The van der Waals surface area contributed by atoms with E-state index in [1.54, 1.807) is 12.1 Å². The highest BCUT2D eigenvalue weighted by molar-refractivity contribution is 7.13. The molecule has 0 unspecified atom stereocenters. The molecule has 0 fully saturated rings. The maximum Gasteiger partial charge on any atom is 0.315 e. The van der Waals surface area contributed by atoms with Gasteiger partial charge < -0.3 is 9.73 Å². The fraction of sp³-hybridized carbons (Fsp3) is 0.111. The summed E-state index contributed by atoms with van der Waals surface area (Å²) in [4.78, 5) is 22.7. The smallest absolute Gasteiger partial charge is 0.315 e. The Morgan fingerprint density at radius 2 is 2.29 bits per heavy atom. The van der Waals surface area contributed by atoms with Gasteiger partial charge in [0.05, 0.1) is 12.8 Å². The van der Waals surface area contributed by atoms with E-state index in [2.05, 4.69) is 20.8 Å². The predicted molar refractivity (Wildman–Crippen MR) is 59.1 cm³/mol. The van der Waals surface area contributed by atoms with Gasteiger partial charge in [-0.2, -0.15) is 0 Å². The van der Waals surface area contributed by atoms with Crippen LogP contribution >= 0.6 is 11.3 Å². The Hall–Kier alpha value is -2.22. The Morgan fingerprint density at radius 1 is 1.41 bits per heavy atom. The van der Waals surface area contributed by atoms with Crippen LogP contribution in [0.4, 0.5) is 5.13 Å². The number of amides is 2. The first kappa shape index (κ1) is 11.3. The van der Waals surface area contributed by atoms with Gasteiger partial charge in [0.2, 0.25) is 5.13 Å². The van der Waals surface area contributed by atoms with E-state index in [1.165, 1.54) is 11.8 Å². The van der Waals surface area contributed by atoms with Gasteiger partial charge in [0.25, 0.3) is 0 Å². The molecule has 2 aromatic heterocycles. The van der Waals surface area contributed by atoms with E-state index < -0.39 is 11.8 Å². The van der Waals surface area contributed by atoms with Gasteiger partial charge in [0, 0.05) is 0 Å². The van der Waals surface area contributed by atoms with Gasteiger partial charge in [0.15, 0.2) is 0 Å². The number of anilines is 1. The highest BCUT2D eigenvalue weighted by Crippen LogP contribution is 2.07. The lowest BCUT2D eigenvalue weighted by atomic mass is 10.4. The van der Waals surface area contributed by atoms with Crippen molar-refractivity contribution in [2.75, 3.05) is 5.32 Å². The minimum Gasteiger partial charge on any atom is -0.467 e. The molecule has 0 spiro atoms. The van der Waals surface area contributed by atoms with Crippen LogP contribution in [-0.4, -0.2) is 22.0 Å². The number of hydrogen-bond acceptors (Lipinski definition) is 6. The summed E-state index contributed by atoms with van der Waals surface area (Å²) >= 11 is 1.13. The zero-order valence-electron chi connectivity index (χ0n) is 8.54. The van der Waals surface area contributed by atoms with Crippen LogP contribution < -0.4 is 10.6 Å². The molecule has 0 aliphatic rings. The third-order valence-corrected chi connectivity index (χ3v) is 2.40. The fourth-order valence-electron chi connectivity index (χ4n) is 1.04. The second-order valence-electron chi connectivity index (χ2n) is 2.96. The van der Waals surface area contributed by atoms with Crippen molar-refractivity contribution in [2.45, 2.75) is 6.54 Å². The molecule has 2 heterocycles. The first-order valence-electron chi connectivity index (χ1n) is 4.63. The van der Waals surface area contributed by atoms with Gasteiger partial charge in [-0.25, -0.2) is 0 Å². The maximum atomic E-state index is 11.4. The van der Waals surface area contributed by atoms with Gasteiger partial charge in [0.1, 0.15) is 11.3 Å². The van der Waals surface area contributed by atoms with E-state index in [-0.39, 0.29) is 11.7 Å². The molecular weight excluding hydrogens is 244 g/mol. The Labute approximate surface area is 99.8 Å². The summed E-state index contributed by atoms with van der Waals surface area (Å²) in [6.07, 6.45) is 1.49. The quantitative estimate of drug-likeness (QED) is 0.770. The normalized spacial score (nSPS) is 9.88. The van der Waals surface area contributed by atoms with Crippen molar-refractivity contribution in [1.82, 2.24) is 15.5 Å². The number of hydrogen-bond donors (Lipinski definition) is 2. The largest absolute Gasteiger partial charge is 0.467 e. The highest BCUT2D eigenvalue weighted by atomic mass is 32.1. The van der Waals surface area contributed by atoms with Crippen LogP contribution in [0.25, 0.3) is 0 Å². The Balaban J connectivity index is 1.81. The zero-order valence-corrected chi connectivity index (χ0v) is 9.36. The molecule has 0 atom stereocenters. The molecule has 0 saturated carbocycles. The summed E-state index contributed by atoms with van der Waals surface area (Å²) in [5.41, 5.74) is 1.45. The van der Waals surface area contributed by atoms with Gasteiger partial charge in [-0.15, -0.1) is 10.2 Å². The molecule has 0 aromatic carbocycles. The summed E-state index contributed by atoms with van der Waals surface area (Å²) in [5, 5.41) is 12.1. The summed E-state index contributed by atoms with van der Waals surface area (Å²) in [7, 11) is 0. The lowest BCUT2D eigenvalue weighted by molar-refractivity contribution is -0.136. The van der Waals surface area contributed by atoms with E-state index in [0.717, 1.165) is 11.3 Å². The van der Waals surface area contributed by atoms with Gasteiger partial charge >= 0.3 is 11.8 Å². The highest BCUT2D eigenvalue weighted by Gasteiger charge is 2.14. The molecule has 2 amide bonds. The summed E-state index contributed by atoms with van der Waals surface area (Å²) in [5.74, 6) is -0.966. The van der Waals surface area contributed by atoms with E-state index in [9.17, 15) is 9.59 Å². The first-order chi connectivity index (χ1) is 8.25. The number of nitrogens with zero attached hydrogens (tertiary/aromatic N) is 2. The average molecular weight is 252 g/mol. The molecule has 0 radical (unpaired) electrons. The van der Waals surface area contributed by atoms with E-state index in [4.69, 9.17) is 4.42 Å². The lowest BCUT2D eigenvalue weighted by Gasteiger charge is -2.02. The molecule has 2 aromatic rings.